The van der Waals surface area contributed by atoms with Gasteiger partial charge >= 0.3 is 0 Å². The molecule has 0 saturated carbocycles. The normalized spacial score (nSPS) is 20.8. The number of hydrogen-bond acceptors (Lipinski definition) is 1. The molecule has 0 bridgehead atoms. The highest BCUT2D eigenvalue weighted by Crippen LogP contribution is 2.50. The highest BCUT2D eigenvalue weighted by atomic mass is 15.2. The van der Waals surface area contributed by atoms with E-state index in [9.17, 15) is 0 Å². The molecular formula is C32H33N. The number of hydrogen-bond donors (Lipinski definition) is 0. The van der Waals surface area contributed by atoms with E-state index in [4.69, 9.17) is 0 Å². The number of benzene rings is 3. The zero-order chi connectivity index (χ0) is 22.9. The van der Waals surface area contributed by atoms with E-state index in [0.717, 1.165) is 12.8 Å². The van der Waals surface area contributed by atoms with Gasteiger partial charge in [0.2, 0.25) is 0 Å². The molecule has 0 radical (unpaired) electrons. The molecule has 1 aliphatic carbocycles. The van der Waals surface area contributed by atoms with Crippen molar-refractivity contribution in [3.8, 4) is 11.1 Å². The van der Waals surface area contributed by atoms with E-state index in [1.165, 1.54) is 50.3 Å². The topological polar surface area (TPSA) is 3.24 Å². The van der Waals surface area contributed by atoms with Crippen LogP contribution in [0.4, 0.5) is 5.69 Å². The maximum Gasteiger partial charge on any atom is 0.0592 e. The van der Waals surface area contributed by atoms with Gasteiger partial charge in [0.1, 0.15) is 0 Å². The van der Waals surface area contributed by atoms with E-state index in [-0.39, 0.29) is 0 Å². The molecule has 0 saturated heterocycles. The number of nitrogens with zero attached hydrogens (tertiary/aromatic N) is 1. The van der Waals surface area contributed by atoms with Gasteiger partial charge in [0.25, 0.3) is 0 Å². The molecule has 0 N–H and O–H groups in total. The van der Waals surface area contributed by atoms with Gasteiger partial charge in [-0.05, 0) is 79.1 Å². The Morgan fingerprint density at radius 3 is 2.36 bits per heavy atom. The molecule has 3 aromatic rings. The van der Waals surface area contributed by atoms with Crippen molar-refractivity contribution in [3.63, 3.8) is 0 Å². The van der Waals surface area contributed by atoms with Gasteiger partial charge in [0.15, 0.2) is 0 Å². The monoisotopic (exact) mass is 431 g/mol. The zero-order valence-electron chi connectivity index (χ0n) is 20.2. The molecule has 0 spiro atoms. The molecule has 2 aliphatic rings. The Balaban J connectivity index is 1.69. The van der Waals surface area contributed by atoms with E-state index in [1.54, 1.807) is 0 Å². The molecule has 2 unspecified atom stereocenters. The summed E-state index contributed by atoms with van der Waals surface area (Å²) < 4.78 is 0. The van der Waals surface area contributed by atoms with Gasteiger partial charge in [-0.3, -0.25) is 0 Å². The van der Waals surface area contributed by atoms with Crippen molar-refractivity contribution in [2.75, 3.05) is 4.90 Å². The van der Waals surface area contributed by atoms with Gasteiger partial charge in [-0.1, -0.05) is 85.8 Å². The minimum absolute atomic E-state index is 0.347. The van der Waals surface area contributed by atoms with Crippen molar-refractivity contribution in [1.82, 2.24) is 0 Å². The van der Waals surface area contributed by atoms with E-state index in [2.05, 4.69) is 124 Å². The zero-order valence-corrected chi connectivity index (χ0v) is 20.2. The summed E-state index contributed by atoms with van der Waals surface area (Å²) in [5.41, 5.74) is 12.3. The van der Waals surface area contributed by atoms with Gasteiger partial charge in [0.05, 0.1) is 6.04 Å². The molecular weight excluding hydrogens is 398 g/mol. The van der Waals surface area contributed by atoms with Crippen LogP contribution in [-0.4, -0.2) is 6.04 Å². The average molecular weight is 432 g/mol. The third-order valence-electron chi connectivity index (χ3n) is 7.28. The lowest BCUT2D eigenvalue weighted by Gasteiger charge is -2.31. The number of aryl methyl sites for hydroxylation is 2. The Labute approximate surface area is 198 Å². The summed E-state index contributed by atoms with van der Waals surface area (Å²) in [5, 5.41) is 0. The number of rotatable bonds is 4. The SMILES string of the molecule is C/C=C1/c2c(ccc(C)c2-c2ccccc2C)N(C2=CC(c3ccccc3)CC=C2)C1CC. The molecule has 33 heavy (non-hydrogen) atoms. The van der Waals surface area contributed by atoms with Crippen molar-refractivity contribution in [2.24, 2.45) is 0 Å². The van der Waals surface area contributed by atoms with Crippen molar-refractivity contribution >= 4 is 11.3 Å². The molecule has 0 fully saturated rings. The summed E-state index contributed by atoms with van der Waals surface area (Å²) in [7, 11) is 0. The van der Waals surface area contributed by atoms with Crippen LogP contribution in [0.1, 0.15) is 54.9 Å². The molecule has 1 aliphatic heterocycles. The van der Waals surface area contributed by atoms with Gasteiger partial charge in [0, 0.05) is 22.9 Å². The van der Waals surface area contributed by atoms with Crippen LogP contribution < -0.4 is 4.90 Å². The van der Waals surface area contributed by atoms with Crippen molar-refractivity contribution < 1.29 is 0 Å². The summed E-state index contributed by atoms with van der Waals surface area (Å²) in [6.45, 7) is 9.00. The average Bonchev–Trinajstić information content (AvgIpc) is 3.18. The maximum atomic E-state index is 2.59. The maximum absolute atomic E-state index is 2.59. The first-order valence-electron chi connectivity index (χ1n) is 12.2. The molecule has 1 nitrogen and oxygen atoms in total. The molecule has 166 valence electrons. The fraction of sp³-hybridized carbons (Fsp3) is 0.250. The van der Waals surface area contributed by atoms with E-state index >= 15 is 0 Å². The minimum Gasteiger partial charge on any atom is -0.334 e. The van der Waals surface area contributed by atoms with Crippen molar-refractivity contribution in [2.45, 2.75) is 52.5 Å². The Morgan fingerprint density at radius 2 is 1.64 bits per heavy atom. The van der Waals surface area contributed by atoms with Crippen molar-refractivity contribution in [3.05, 3.63) is 119 Å². The predicted molar refractivity (Wildman–Crippen MR) is 143 cm³/mol. The van der Waals surface area contributed by atoms with Crippen LogP contribution in [0.25, 0.3) is 16.7 Å². The lowest BCUT2D eigenvalue weighted by atomic mass is 9.87. The van der Waals surface area contributed by atoms with Crippen LogP contribution in [-0.2, 0) is 0 Å². The van der Waals surface area contributed by atoms with Gasteiger partial charge in [-0.2, -0.15) is 0 Å². The molecule has 0 aromatic heterocycles. The van der Waals surface area contributed by atoms with E-state index in [1.807, 2.05) is 0 Å². The van der Waals surface area contributed by atoms with Crippen LogP contribution in [0, 0.1) is 13.8 Å². The summed E-state index contributed by atoms with van der Waals surface area (Å²) in [5.74, 6) is 0.420. The Bertz CT molecular complexity index is 1260. The van der Waals surface area contributed by atoms with Crippen LogP contribution in [0.5, 0.6) is 0 Å². The number of anilines is 1. The second-order valence-corrected chi connectivity index (χ2v) is 9.25. The Kier molecular flexibility index (Phi) is 5.81. The predicted octanol–water partition coefficient (Wildman–Crippen LogP) is 8.60. The number of fused-ring (bicyclic) bond motifs is 1. The standard InChI is InChI=1S/C32H33N/c1-5-27-29(6-2)33(26-17-12-16-25(21-26)24-14-8-7-9-15-24)30-20-19-23(4)31(32(27)30)28-18-11-10-13-22(28)3/h5,7-15,17-21,25,29H,6,16H2,1-4H3/b27-5+. The van der Waals surface area contributed by atoms with Gasteiger partial charge in [-0.25, -0.2) is 0 Å². The quantitative estimate of drug-likeness (QED) is 0.400. The van der Waals surface area contributed by atoms with Crippen LogP contribution in [0.15, 0.2) is 96.7 Å². The number of allylic oxidation sites excluding steroid dienone is 4. The summed E-state index contributed by atoms with van der Waals surface area (Å²) >= 11 is 0. The highest BCUT2D eigenvalue weighted by molar-refractivity contribution is 5.99. The van der Waals surface area contributed by atoms with Crippen LogP contribution >= 0.6 is 0 Å². The first-order chi connectivity index (χ1) is 16.1. The summed E-state index contributed by atoms with van der Waals surface area (Å²) in [4.78, 5) is 2.59. The fourth-order valence-electron chi connectivity index (χ4n) is 5.68. The van der Waals surface area contributed by atoms with Crippen LogP contribution in [0.2, 0.25) is 0 Å². The van der Waals surface area contributed by atoms with E-state index in [0.29, 0.717) is 12.0 Å². The van der Waals surface area contributed by atoms with E-state index < -0.39 is 0 Å². The third kappa shape index (κ3) is 3.66. The lowest BCUT2D eigenvalue weighted by molar-refractivity contribution is 0.748. The summed E-state index contributed by atoms with van der Waals surface area (Å²) in [6, 6.07) is 24.7. The fourth-order valence-corrected chi connectivity index (χ4v) is 5.68. The molecule has 2 atom stereocenters. The molecule has 5 rings (SSSR count). The highest BCUT2D eigenvalue weighted by Gasteiger charge is 2.37. The van der Waals surface area contributed by atoms with Gasteiger partial charge < -0.3 is 4.90 Å². The van der Waals surface area contributed by atoms with Gasteiger partial charge in [-0.15, -0.1) is 0 Å². The first kappa shape index (κ1) is 21.5. The minimum atomic E-state index is 0.347. The molecule has 1 heterocycles. The third-order valence-corrected chi connectivity index (χ3v) is 7.28. The Morgan fingerprint density at radius 1 is 0.879 bits per heavy atom. The molecule has 0 amide bonds. The lowest BCUT2D eigenvalue weighted by Crippen LogP contribution is -2.30. The first-order valence-corrected chi connectivity index (χ1v) is 12.2. The second-order valence-electron chi connectivity index (χ2n) is 9.25. The largest absolute Gasteiger partial charge is 0.334 e. The second kappa shape index (κ2) is 8.90. The van der Waals surface area contributed by atoms with Crippen LogP contribution in [0.3, 0.4) is 0 Å². The molecule has 1 heteroatoms. The smallest absolute Gasteiger partial charge is 0.0592 e. The Hall–Kier alpha value is -3.32. The summed E-state index contributed by atoms with van der Waals surface area (Å²) in [6.07, 6.45) is 11.6. The molecule has 3 aromatic carbocycles. The van der Waals surface area contributed by atoms with Crippen molar-refractivity contribution in [1.29, 1.82) is 0 Å².